The summed E-state index contributed by atoms with van der Waals surface area (Å²) in [5.41, 5.74) is 1.50. The fraction of sp³-hybridized carbons (Fsp3) is 0.600. The zero-order chi connectivity index (χ0) is 7.28. The van der Waals surface area contributed by atoms with Crippen LogP contribution in [0.3, 0.4) is 0 Å². The Kier molecular flexibility index (Phi) is 4.53. The molecule has 0 aliphatic carbocycles. The minimum absolute atomic E-state index is 0.674. The van der Waals surface area contributed by atoms with Crippen LogP contribution in [-0.4, -0.2) is 29.1 Å². The van der Waals surface area contributed by atoms with Gasteiger partial charge in [-0.2, -0.15) is 0 Å². The van der Waals surface area contributed by atoms with E-state index in [1.807, 2.05) is 14.0 Å². The second-order valence-corrected chi connectivity index (χ2v) is 2.15. The summed E-state index contributed by atoms with van der Waals surface area (Å²) < 4.78 is 0. The van der Waals surface area contributed by atoms with Gasteiger partial charge in [-0.15, -0.1) is 0 Å². The lowest BCUT2D eigenvalue weighted by molar-refractivity contribution is 0.748. The van der Waals surface area contributed by atoms with Crippen LogP contribution in [0.15, 0.2) is 0 Å². The molecule has 0 aliphatic rings. The summed E-state index contributed by atoms with van der Waals surface area (Å²) in [4.78, 5) is 1.69. The van der Waals surface area contributed by atoms with E-state index in [0.717, 1.165) is 6.54 Å². The smallest absolute Gasteiger partial charge is 0.173 e. The van der Waals surface area contributed by atoms with Gasteiger partial charge < -0.3 is 10.2 Å². The maximum absolute atomic E-state index is 4.89. The molecule has 0 radical (unpaired) electrons. The summed E-state index contributed by atoms with van der Waals surface area (Å²) in [5, 5.41) is 3.63. The van der Waals surface area contributed by atoms with E-state index in [1.54, 1.807) is 4.90 Å². The summed E-state index contributed by atoms with van der Waals surface area (Å²) in [6.07, 6.45) is 0. The van der Waals surface area contributed by atoms with Gasteiger partial charge in [0.1, 0.15) is 0 Å². The summed E-state index contributed by atoms with van der Waals surface area (Å²) in [6.45, 7) is 2.83. The lowest BCUT2D eigenvalue weighted by Gasteiger charge is -2.13. The van der Waals surface area contributed by atoms with Crippen LogP contribution in [-0.2, 0) is 0 Å². The van der Waals surface area contributed by atoms with Crippen LogP contribution in [0.5, 0.6) is 0 Å². The molecule has 0 aromatic carbocycles. The highest BCUT2D eigenvalue weighted by Gasteiger charge is 1.94. The Hall–Kier alpha value is -0.220. The molecule has 0 heterocycles. The largest absolute Gasteiger partial charge is 0.363 e. The minimum Gasteiger partial charge on any atom is -0.363 e. The summed E-state index contributed by atoms with van der Waals surface area (Å²) >= 11 is 9.53. The standard InChI is InChI=1S/C5H10N2S2/c1-3-6-5(9)7(2)4-8/h4H,3H2,1-2H3,(H,6,9). The van der Waals surface area contributed by atoms with Gasteiger partial charge >= 0.3 is 0 Å². The van der Waals surface area contributed by atoms with Crippen LogP contribution in [0.25, 0.3) is 0 Å². The number of nitrogens with zero attached hydrogens (tertiary/aromatic N) is 1. The van der Waals surface area contributed by atoms with Crippen LogP contribution in [0.4, 0.5) is 0 Å². The van der Waals surface area contributed by atoms with E-state index in [0.29, 0.717) is 5.11 Å². The maximum atomic E-state index is 4.89. The fourth-order valence-electron chi connectivity index (χ4n) is 0.324. The highest BCUT2D eigenvalue weighted by molar-refractivity contribution is 7.81. The average Bonchev–Trinajstić information content (AvgIpc) is 1.87. The summed E-state index contributed by atoms with van der Waals surface area (Å²) in [5.74, 6) is 0. The monoisotopic (exact) mass is 162 g/mol. The zero-order valence-corrected chi connectivity index (χ0v) is 7.18. The highest BCUT2D eigenvalue weighted by Crippen LogP contribution is 1.78. The molecule has 52 valence electrons. The van der Waals surface area contributed by atoms with Crippen molar-refractivity contribution in [3.05, 3.63) is 0 Å². The van der Waals surface area contributed by atoms with Crippen molar-refractivity contribution in [3.8, 4) is 0 Å². The second kappa shape index (κ2) is 4.64. The maximum Gasteiger partial charge on any atom is 0.173 e. The van der Waals surface area contributed by atoms with Crippen molar-refractivity contribution in [1.29, 1.82) is 0 Å². The van der Waals surface area contributed by atoms with E-state index in [4.69, 9.17) is 12.2 Å². The van der Waals surface area contributed by atoms with Crippen LogP contribution in [0.2, 0.25) is 0 Å². The Balaban J connectivity index is 3.58. The van der Waals surface area contributed by atoms with Gasteiger partial charge in [0.15, 0.2) is 5.11 Å². The van der Waals surface area contributed by atoms with Crippen molar-refractivity contribution in [2.75, 3.05) is 13.6 Å². The molecule has 0 aromatic rings. The van der Waals surface area contributed by atoms with E-state index in [2.05, 4.69) is 17.5 Å². The molecular formula is C5H10N2S2. The van der Waals surface area contributed by atoms with Crippen LogP contribution < -0.4 is 5.32 Å². The molecule has 0 atom stereocenters. The van der Waals surface area contributed by atoms with Crippen molar-refractivity contribution >= 4 is 35.0 Å². The van der Waals surface area contributed by atoms with E-state index >= 15 is 0 Å². The van der Waals surface area contributed by atoms with Crippen molar-refractivity contribution in [3.63, 3.8) is 0 Å². The Morgan fingerprint density at radius 3 is 2.67 bits per heavy atom. The van der Waals surface area contributed by atoms with E-state index in [-0.39, 0.29) is 0 Å². The second-order valence-electron chi connectivity index (χ2n) is 1.55. The third-order valence-corrected chi connectivity index (χ3v) is 1.56. The van der Waals surface area contributed by atoms with Gasteiger partial charge in [0, 0.05) is 13.6 Å². The van der Waals surface area contributed by atoms with Gasteiger partial charge in [-0.05, 0) is 19.1 Å². The summed E-state index contributed by atoms with van der Waals surface area (Å²) in [6, 6.07) is 0. The molecule has 0 spiro atoms. The molecule has 0 amide bonds. The Labute approximate surface area is 66.2 Å². The predicted molar refractivity (Wildman–Crippen MR) is 47.7 cm³/mol. The van der Waals surface area contributed by atoms with Gasteiger partial charge in [0.05, 0.1) is 5.49 Å². The number of hydrogen-bond donors (Lipinski definition) is 1. The van der Waals surface area contributed by atoms with E-state index in [1.165, 1.54) is 5.49 Å². The fourth-order valence-corrected chi connectivity index (χ4v) is 0.693. The summed E-state index contributed by atoms with van der Waals surface area (Å²) in [7, 11) is 1.82. The molecule has 0 unspecified atom stereocenters. The topological polar surface area (TPSA) is 15.3 Å². The lowest BCUT2D eigenvalue weighted by Crippen LogP contribution is -2.35. The van der Waals surface area contributed by atoms with E-state index < -0.39 is 0 Å². The number of thiocarbonyl (C=S) groups is 2. The molecule has 0 saturated carbocycles. The van der Waals surface area contributed by atoms with Gasteiger partial charge in [-0.3, -0.25) is 0 Å². The minimum atomic E-state index is 0.674. The van der Waals surface area contributed by atoms with Gasteiger partial charge in [-0.1, -0.05) is 12.2 Å². The number of hydrogen-bond acceptors (Lipinski definition) is 2. The highest BCUT2D eigenvalue weighted by atomic mass is 32.1. The third-order valence-electron chi connectivity index (χ3n) is 0.806. The quantitative estimate of drug-likeness (QED) is 0.603. The number of rotatable bonds is 2. The molecule has 1 N–H and O–H groups in total. The van der Waals surface area contributed by atoms with Crippen LogP contribution in [0, 0.1) is 0 Å². The van der Waals surface area contributed by atoms with Gasteiger partial charge in [0.25, 0.3) is 0 Å². The SMILES string of the molecule is CCNC(=S)N(C)C=S. The van der Waals surface area contributed by atoms with Crippen molar-refractivity contribution in [1.82, 2.24) is 10.2 Å². The lowest BCUT2D eigenvalue weighted by atomic mass is 10.7. The van der Waals surface area contributed by atoms with Gasteiger partial charge in [0.2, 0.25) is 0 Å². The van der Waals surface area contributed by atoms with Gasteiger partial charge in [-0.25, -0.2) is 0 Å². The Morgan fingerprint density at radius 2 is 2.33 bits per heavy atom. The van der Waals surface area contributed by atoms with Crippen LogP contribution >= 0.6 is 24.4 Å². The molecule has 0 fully saturated rings. The zero-order valence-electron chi connectivity index (χ0n) is 5.55. The molecule has 9 heavy (non-hydrogen) atoms. The Bertz CT molecular complexity index is 114. The Morgan fingerprint density at radius 1 is 1.78 bits per heavy atom. The third kappa shape index (κ3) is 3.37. The molecule has 0 bridgehead atoms. The first-order valence-corrected chi connectivity index (χ1v) is 3.56. The molecule has 0 saturated heterocycles. The first-order chi connectivity index (χ1) is 4.22. The predicted octanol–water partition coefficient (Wildman–Crippen LogP) is 0.770. The first-order valence-electron chi connectivity index (χ1n) is 2.68. The first kappa shape index (κ1) is 8.78. The van der Waals surface area contributed by atoms with Crippen LogP contribution in [0.1, 0.15) is 6.92 Å². The molecule has 4 heteroatoms. The molecular weight excluding hydrogens is 152 g/mol. The van der Waals surface area contributed by atoms with Crippen molar-refractivity contribution < 1.29 is 0 Å². The molecule has 0 aromatic heterocycles. The normalized spacial score (nSPS) is 8.22. The van der Waals surface area contributed by atoms with Crippen molar-refractivity contribution in [2.24, 2.45) is 0 Å². The molecule has 0 aliphatic heterocycles. The molecule has 2 nitrogen and oxygen atoms in total. The van der Waals surface area contributed by atoms with Crippen molar-refractivity contribution in [2.45, 2.75) is 6.92 Å². The average molecular weight is 162 g/mol. The van der Waals surface area contributed by atoms with E-state index in [9.17, 15) is 0 Å². The number of nitrogens with one attached hydrogen (secondary N) is 1. The molecule has 0 rings (SSSR count).